The summed E-state index contributed by atoms with van der Waals surface area (Å²) in [7, 11) is 2.17. The lowest BCUT2D eigenvalue weighted by molar-refractivity contribution is 0.126. The van der Waals surface area contributed by atoms with Gasteiger partial charge in [-0.1, -0.05) is 24.6 Å². The minimum absolute atomic E-state index is 0.420. The van der Waals surface area contributed by atoms with E-state index >= 15 is 0 Å². The Morgan fingerprint density at radius 2 is 2.00 bits per heavy atom. The van der Waals surface area contributed by atoms with Gasteiger partial charge in [0.1, 0.15) is 5.75 Å². The van der Waals surface area contributed by atoms with Crippen LogP contribution in [0.2, 0.25) is 0 Å². The molecule has 1 heterocycles. The molecule has 1 N–H and O–H groups in total. The average molecular weight is 262 g/mol. The molecule has 1 saturated heterocycles. The molecular formula is C16H26N2O. The van der Waals surface area contributed by atoms with Crippen LogP contribution in [0.15, 0.2) is 18.2 Å². The Hall–Kier alpha value is -1.06. The molecule has 0 spiro atoms. The van der Waals surface area contributed by atoms with Crippen LogP contribution < -0.4 is 0 Å². The van der Waals surface area contributed by atoms with Crippen LogP contribution >= 0.6 is 0 Å². The summed E-state index contributed by atoms with van der Waals surface area (Å²) in [6, 6.07) is 6.49. The highest BCUT2D eigenvalue weighted by molar-refractivity contribution is 5.35. The summed E-state index contributed by atoms with van der Waals surface area (Å²) in [6.45, 7) is 8.70. The van der Waals surface area contributed by atoms with Crippen molar-refractivity contribution in [2.45, 2.75) is 39.3 Å². The third kappa shape index (κ3) is 3.71. The van der Waals surface area contributed by atoms with Crippen molar-refractivity contribution in [1.29, 1.82) is 0 Å². The first-order valence-electron chi connectivity index (χ1n) is 7.31. The number of hydrogen-bond donors (Lipinski definition) is 1. The second-order valence-electron chi connectivity index (χ2n) is 5.71. The summed E-state index contributed by atoms with van der Waals surface area (Å²) in [4.78, 5) is 4.90. The molecule has 2 rings (SSSR count). The molecule has 0 saturated carbocycles. The lowest BCUT2D eigenvalue weighted by Gasteiger charge is -2.36. The minimum atomic E-state index is 0.420. The van der Waals surface area contributed by atoms with E-state index in [9.17, 15) is 5.11 Å². The summed E-state index contributed by atoms with van der Waals surface area (Å²) in [6.07, 6.45) is 2.47. The third-order valence-corrected chi connectivity index (χ3v) is 4.28. The molecular weight excluding hydrogens is 236 g/mol. The fourth-order valence-corrected chi connectivity index (χ4v) is 2.92. The molecule has 1 aliphatic heterocycles. The van der Waals surface area contributed by atoms with Gasteiger partial charge in [-0.2, -0.15) is 0 Å². The smallest absolute Gasteiger partial charge is 0.120 e. The number of piperidine rings is 1. The number of phenols is 1. The summed E-state index contributed by atoms with van der Waals surface area (Å²) in [5.74, 6) is 0.420. The van der Waals surface area contributed by atoms with Crippen LogP contribution in [-0.2, 0) is 6.54 Å². The number of rotatable bonds is 4. The molecule has 0 aromatic heterocycles. The van der Waals surface area contributed by atoms with Crippen molar-refractivity contribution >= 4 is 0 Å². The van der Waals surface area contributed by atoms with E-state index in [2.05, 4.69) is 36.8 Å². The highest BCUT2D eigenvalue weighted by atomic mass is 16.3. The second kappa shape index (κ2) is 6.40. The van der Waals surface area contributed by atoms with E-state index in [1.807, 2.05) is 6.07 Å². The predicted molar refractivity (Wildman–Crippen MR) is 79.4 cm³/mol. The van der Waals surface area contributed by atoms with Gasteiger partial charge in [0.05, 0.1) is 0 Å². The van der Waals surface area contributed by atoms with Gasteiger partial charge in [-0.3, -0.25) is 4.90 Å². The monoisotopic (exact) mass is 262 g/mol. The number of nitrogens with zero attached hydrogens (tertiary/aromatic N) is 2. The van der Waals surface area contributed by atoms with Gasteiger partial charge in [-0.15, -0.1) is 0 Å². The van der Waals surface area contributed by atoms with Crippen molar-refractivity contribution in [3.05, 3.63) is 29.3 Å². The molecule has 0 bridgehead atoms. The molecule has 0 unspecified atom stereocenters. The van der Waals surface area contributed by atoms with E-state index < -0.39 is 0 Å². The number of aromatic hydroxyl groups is 1. The number of phenolic OH excluding ortho intramolecular Hbond substituents is 1. The standard InChI is InChI=1S/C16H26N2O/c1-4-18-9-7-15(8-10-18)17(3)12-14-11-13(2)5-6-16(14)19/h5-6,11,15,19H,4,7-10,12H2,1-3H3. The second-order valence-corrected chi connectivity index (χ2v) is 5.71. The van der Waals surface area contributed by atoms with Crippen LogP contribution in [0.1, 0.15) is 30.9 Å². The SMILES string of the molecule is CCN1CCC(N(C)Cc2cc(C)ccc2O)CC1. The molecule has 0 amide bonds. The van der Waals surface area contributed by atoms with Gasteiger partial charge < -0.3 is 10.0 Å². The van der Waals surface area contributed by atoms with E-state index in [4.69, 9.17) is 0 Å². The van der Waals surface area contributed by atoms with Gasteiger partial charge in [0.25, 0.3) is 0 Å². The summed E-state index contributed by atoms with van der Waals surface area (Å²) < 4.78 is 0. The van der Waals surface area contributed by atoms with Crippen molar-refractivity contribution in [2.75, 3.05) is 26.7 Å². The lowest BCUT2D eigenvalue weighted by Crippen LogP contribution is -2.42. The fourth-order valence-electron chi connectivity index (χ4n) is 2.92. The average Bonchev–Trinajstić information content (AvgIpc) is 2.43. The molecule has 1 fully saturated rings. The van der Waals surface area contributed by atoms with Gasteiger partial charge in [0.15, 0.2) is 0 Å². The maximum Gasteiger partial charge on any atom is 0.120 e. The topological polar surface area (TPSA) is 26.7 Å². The third-order valence-electron chi connectivity index (χ3n) is 4.28. The van der Waals surface area contributed by atoms with Crippen molar-refractivity contribution in [3.8, 4) is 5.75 Å². The van der Waals surface area contributed by atoms with E-state index in [0.717, 1.165) is 18.7 Å². The van der Waals surface area contributed by atoms with Crippen LogP contribution in [0, 0.1) is 6.92 Å². The van der Waals surface area contributed by atoms with Crippen molar-refractivity contribution in [2.24, 2.45) is 0 Å². The summed E-state index contributed by atoms with van der Waals surface area (Å²) >= 11 is 0. The Bertz CT molecular complexity index is 411. The van der Waals surface area contributed by atoms with Gasteiger partial charge >= 0.3 is 0 Å². The molecule has 19 heavy (non-hydrogen) atoms. The highest BCUT2D eigenvalue weighted by Gasteiger charge is 2.22. The fraction of sp³-hybridized carbons (Fsp3) is 0.625. The maximum atomic E-state index is 9.93. The molecule has 0 atom stereocenters. The first kappa shape index (κ1) is 14.4. The number of aryl methyl sites for hydroxylation is 1. The van der Waals surface area contributed by atoms with E-state index in [-0.39, 0.29) is 0 Å². The van der Waals surface area contributed by atoms with Crippen LogP contribution in [0.5, 0.6) is 5.75 Å². The number of hydrogen-bond acceptors (Lipinski definition) is 3. The zero-order valence-corrected chi connectivity index (χ0v) is 12.4. The van der Waals surface area contributed by atoms with Crippen LogP contribution in [0.3, 0.4) is 0 Å². The highest BCUT2D eigenvalue weighted by Crippen LogP contribution is 2.23. The lowest BCUT2D eigenvalue weighted by atomic mass is 10.0. The quantitative estimate of drug-likeness (QED) is 0.903. The Morgan fingerprint density at radius 3 is 2.63 bits per heavy atom. The molecule has 3 nitrogen and oxygen atoms in total. The molecule has 1 aromatic carbocycles. The largest absolute Gasteiger partial charge is 0.508 e. The van der Waals surface area contributed by atoms with Crippen LogP contribution in [-0.4, -0.2) is 47.6 Å². The van der Waals surface area contributed by atoms with E-state index in [1.165, 1.54) is 31.5 Å². The van der Waals surface area contributed by atoms with Gasteiger partial charge in [-0.05, 0) is 52.5 Å². The van der Waals surface area contributed by atoms with Gasteiger partial charge in [0.2, 0.25) is 0 Å². The van der Waals surface area contributed by atoms with E-state index in [1.54, 1.807) is 6.07 Å². The molecule has 0 aliphatic carbocycles. The molecule has 0 radical (unpaired) electrons. The minimum Gasteiger partial charge on any atom is -0.508 e. The zero-order valence-electron chi connectivity index (χ0n) is 12.4. The number of likely N-dealkylation sites (tertiary alicyclic amines) is 1. The Labute approximate surface area is 116 Å². The van der Waals surface area contributed by atoms with Crippen molar-refractivity contribution < 1.29 is 5.11 Å². The molecule has 1 aliphatic rings. The Morgan fingerprint density at radius 1 is 1.32 bits per heavy atom. The normalized spacial score (nSPS) is 18.1. The Kier molecular flexibility index (Phi) is 4.83. The van der Waals surface area contributed by atoms with Crippen LogP contribution in [0.25, 0.3) is 0 Å². The molecule has 3 heteroatoms. The first-order valence-corrected chi connectivity index (χ1v) is 7.31. The zero-order chi connectivity index (χ0) is 13.8. The first-order chi connectivity index (χ1) is 9.10. The molecule has 1 aromatic rings. The van der Waals surface area contributed by atoms with Crippen molar-refractivity contribution in [3.63, 3.8) is 0 Å². The number of benzene rings is 1. The summed E-state index contributed by atoms with van der Waals surface area (Å²) in [5.41, 5.74) is 2.25. The molecule has 106 valence electrons. The van der Waals surface area contributed by atoms with Crippen molar-refractivity contribution in [1.82, 2.24) is 9.80 Å². The maximum absolute atomic E-state index is 9.93. The van der Waals surface area contributed by atoms with Crippen LogP contribution in [0.4, 0.5) is 0 Å². The Balaban J connectivity index is 1.94. The van der Waals surface area contributed by atoms with Gasteiger partial charge in [0, 0.05) is 18.2 Å². The van der Waals surface area contributed by atoms with E-state index in [0.29, 0.717) is 11.8 Å². The summed E-state index contributed by atoms with van der Waals surface area (Å²) in [5, 5.41) is 9.93. The predicted octanol–water partition coefficient (Wildman–Crippen LogP) is 2.62. The van der Waals surface area contributed by atoms with Gasteiger partial charge in [-0.25, -0.2) is 0 Å².